The Labute approximate surface area is 135 Å². The topological polar surface area (TPSA) is 43.2 Å². The van der Waals surface area contributed by atoms with Crippen molar-refractivity contribution in [1.82, 2.24) is 19.7 Å². The van der Waals surface area contributed by atoms with E-state index in [1.165, 1.54) is 22.1 Å². The normalized spacial score (nSPS) is 14.9. The number of aromatic nitrogens is 3. The molecule has 1 aromatic carbocycles. The Morgan fingerprint density at radius 2 is 2.00 bits per heavy atom. The smallest absolute Gasteiger partial charge is 0.158 e. The minimum absolute atomic E-state index is 0.721. The third kappa shape index (κ3) is 2.57. The van der Waals surface area contributed by atoms with Gasteiger partial charge in [0.1, 0.15) is 5.75 Å². The lowest BCUT2D eigenvalue weighted by atomic mass is 10.00. The van der Waals surface area contributed by atoms with Crippen LogP contribution >= 0.6 is 0 Å². The molecule has 2 aromatic heterocycles. The van der Waals surface area contributed by atoms with E-state index in [1.807, 2.05) is 29.2 Å². The number of methoxy groups -OCH3 is 1. The number of benzene rings is 1. The first kappa shape index (κ1) is 14.2. The van der Waals surface area contributed by atoms with Crippen LogP contribution < -0.4 is 4.74 Å². The van der Waals surface area contributed by atoms with Gasteiger partial charge in [0.05, 0.1) is 19.9 Å². The zero-order chi connectivity index (χ0) is 15.8. The van der Waals surface area contributed by atoms with Crippen LogP contribution in [0.1, 0.15) is 16.7 Å². The molecule has 0 bridgehead atoms. The molecule has 0 aliphatic carbocycles. The van der Waals surface area contributed by atoms with Gasteiger partial charge in [-0.2, -0.15) is 5.10 Å². The maximum absolute atomic E-state index is 5.21. The molecule has 3 aromatic rings. The lowest BCUT2D eigenvalue weighted by Crippen LogP contribution is -2.26. The highest BCUT2D eigenvalue weighted by Crippen LogP contribution is 2.25. The van der Waals surface area contributed by atoms with Crippen LogP contribution in [0.3, 0.4) is 0 Å². The van der Waals surface area contributed by atoms with Crippen molar-refractivity contribution < 1.29 is 4.74 Å². The highest BCUT2D eigenvalue weighted by Gasteiger charge is 2.18. The molecule has 0 saturated carbocycles. The van der Waals surface area contributed by atoms with Gasteiger partial charge in [0.25, 0.3) is 0 Å². The number of fused-ring (bicyclic) bond motifs is 3. The molecule has 0 spiro atoms. The van der Waals surface area contributed by atoms with Gasteiger partial charge >= 0.3 is 0 Å². The van der Waals surface area contributed by atoms with Gasteiger partial charge in [-0.25, -0.2) is 9.67 Å². The lowest BCUT2D eigenvalue weighted by Gasteiger charge is -2.24. The second-order valence-corrected chi connectivity index (χ2v) is 6.14. The maximum atomic E-state index is 5.21. The Morgan fingerprint density at radius 3 is 2.78 bits per heavy atom. The van der Waals surface area contributed by atoms with Gasteiger partial charge in [-0.05, 0) is 42.3 Å². The summed E-state index contributed by atoms with van der Waals surface area (Å²) in [6.45, 7) is 2.79. The Hall–Kier alpha value is -2.40. The van der Waals surface area contributed by atoms with Crippen LogP contribution in [0.5, 0.6) is 5.75 Å². The van der Waals surface area contributed by atoms with Crippen molar-refractivity contribution in [2.75, 3.05) is 20.7 Å². The summed E-state index contributed by atoms with van der Waals surface area (Å²) in [5.74, 6) is 0.871. The molecule has 0 amide bonds. The van der Waals surface area contributed by atoms with E-state index in [0.717, 1.165) is 37.5 Å². The van der Waals surface area contributed by atoms with Gasteiger partial charge in [-0.3, -0.25) is 0 Å². The molecule has 4 rings (SSSR count). The fourth-order valence-electron chi connectivity index (χ4n) is 3.24. The SMILES string of the molecule is COc1ccc(Cn2ncc3c4c(cnc32)CN(C)CC4)cc1. The number of hydrogen-bond acceptors (Lipinski definition) is 4. The third-order valence-corrected chi connectivity index (χ3v) is 4.54. The van der Waals surface area contributed by atoms with Crippen molar-refractivity contribution in [2.24, 2.45) is 0 Å². The largest absolute Gasteiger partial charge is 0.497 e. The second kappa shape index (κ2) is 5.66. The molecule has 1 aliphatic heterocycles. The van der Waals surface area contributed by atoms with Gasteiger partial charge in [-0.15, -0.1) is 0 Å². The first-order chi connectivity index (χ1) is 11.2. The number of hydrogen-bond donors (Lipinski definition) is 0. The van der Waals surface area contributed by atoms with Gasteiger partial charge in [0.15, 0.2) is 5.65 Å². The van der Waals surface area contributed by atoms with Crippen molar-refractivity contribution in [3.63, 3.8) is 0 Å². The summed E-state index contributed by atoms with van der Waals surface area (Å²) < 4.78 is 7.19. The molecule has 5 heteroatoms. The van der Waals surface area contributed by atoms with E-state index >= 15 is 0 Å². The molecule has 5 nitrogen and oxygen atoms in total. The van der Waals surface area contributed by atoms with Crippen molar-refractivity contribution in [3.05, 3.63) is 53.3 Å². The van der Waals surface area contributed by atoms with E-state index in [2.05, 4.69) is 34.2 Å². The lowest BCUT2D eigenvalue weighted by molar-refractivity contribution is 0.313. The Balaban J connectivity index is 1.68. The summed E-state index contributed by atoms with van der Waals surface area (Å²) in [7, 11) is 3.83. The molecule has 0 unspecified atom stereocenters. The molecular formula is C18H20N4O. The second-order valence-electron chi connectivity index (χ2n) is 6.14. The molecule has 3 heterocycles. The molecule has 0 atom stereocenters. The Bertz CT molecular complexity index is 838. The average molecular weight is 308 g/mol. The zero-order valence-electron chi connectivity index (χ0n) is 13.5. The fourth-order valence-corrected chi connectivity index (χ4v) is 3.24. The number of ether oxygens (including phenoxy) is 1. The summed E-state index contributed by atoms with van der Waals surface area (Å²) in [6, 6.07) is 8.09. The first-order valence-corrected chi connectivity index (χ1v) is 7.88. The minimum atomic E-state index is 0.721. The fraction of sp³-hybridized carbons (Fsp3) is 0.333. The average Bonchev–Trinajstić information content (AvgIpc) is 2.98. The summed E-state index contributed by atoms with van der Waals surface area (Å²) in [5.41, 5.74) is 4.91. The van der Waals surface area contributed by atoms with Crippen LogP contribution in [-0.2, 0) is 19.5 Å². The third-order valence-electron chi connectivity index (χ3n) is 4.54. The highest BCUT2D eigenvalue weighted by molar-refractivity contribution is 5.80. The van der Waals surface area contributed by atoms with Crippen LogP contribution in [-0.4, -0.2) is 40.4 Å². The van der Waals surface area contributed by atoms with Gasteiger partial charge in [0.2, 0.25) is 0 Å². The van der Waals surface area contributed by atoms with Crippen LogP contribution in [0.15, 0.2) is 36.7 Å². The first-order valence-electron chi connectivity index (χ1n) is 7.88. The molecule has 0 N–H and O–H groups in total. The Kier molecular flexibility index (Phi) is 3.50. The monoisotopic (exact) mass is 308 g/mol. The van der Waals surface area contributed by atoms with Gasteiger partial charge < -0.3 is 9.64 Å². The highest BCUT2D eigenvalue weighted by atomic mass is 16.5. The van der Waals surface area contributed by atoms with Crippen molar-refractivity contribution in [2.45, 2.75) is 19.5 Å². The van der Waals surface area contributed by atoms with Crippen LogP contribution in [0.2, 0.25) is 0 Å². The molecule has 0 fully saturated rings. The summed E-state index contributed by atoms with van der Waals surface area (Å²) in [5, 5.41) is 5.77. The maximum Gasteiger partial charge on any atom is 0.158 e. The molecular weight excluding hydrogens is 288 g/mol. The summed E-state index contributed by atoms with van der Waals surface area (Å²) in [4.78, 5) is 7.00. The van der Waals surface area contributed by atoms with Gasteiger partial charge in [0, 0.05) is 24.7 Å². The standard InChI is InChI=1S/C18H20N4O/c1-21-8-7-16-14(12-21)9-19-18-17(16)10-20-22(18)11-13-3-5-15(23-2)6-4-13/h3-6,9-10H,7-8,11-12H2,1-2H3. The number of rotatable bonds is 3. The quantitative estimate of drug-likeness (QED) is 0.745. The molecule has 23 heavy (non-hydrogen) atoms. The number of pyridine rings is 1. The zero-order valence-corrected chi connectivity index (χ0v) is 13.5. The molecule has 1 aliphatic rings. The van der Waals surface area contributed by atoms with E-state index < -0.39 is 0 Å². The van der Waals surface area contributed by atoms with Crippen molar-refractivity contribution >= 4 is 11.0 Å². The van der Waals surface area contributed by atoms with Crippen LogP contribution in [0.25, 0.3) is 11.0 Å². The van der Waals surface area contributed by atoms with Gasteiger partial charge in [-0.1, -0.05) is 12.1 Å². The van der Waals surface area contributed by atoms with Crippen LogP contribution in [0.4, 0.5) is 0 Å². The number of likely N-dealkylation sites (N-methyl/N-ethyl adjacent to an activating group) is 1. The van der Waals surface area contributed by atoms with E-state index in [4.69, 9.17) is 4.74 Å². The summed E-state index contributed by atoms with van der Waals surface area (Å²) >= 11 is 0. The van der Waals surface area contributed by atoms with E-state index in [-0.39, 0.29) is 0 Å². The number of nitrogens with zero attached hydrogens (tertiary/aromatic N) is 4. The molecule has 0 saturated heterocycles. The predicted octanol–water partition coefficient (Wildman–Crippen LogP) is 2.48. The van der Waals surface area contributed by atoms with E-state index in [0.29, 0.717) is 0 Å². The predicted molar refractivity (Wildman–Crippen MR) is 89.7 cm³/mol. The van der Waals surface area contributed by atoms with Crippen LogP contribution in [0, 0.1) is 0 Å². The molecule has 118 valence electrons. The van der Waals surface area contributed by atoms with Crippen molar-refractivity contribution in [1.29, 1.82) is 0 Å². The minimum Gasteiger partial charge on any atom is -0.497 e. The van der Waals surface area contributed by atoms with E-state index in [1.54, 1.807) is 7.11 Å². The Morgan fingerprint density at radius 1 is 1.17 bits per heavy atom. The molecule has 0 radical (unpaired) electrons. The summed E-state index contributed by atoms with van der Waals surface area (Å²) in [6.07, 6.45) is 5.05. The van der Waals surface area contributed by atoms with Crippen molar-refractivity contribution in [3.8, 4) is 5.75 Å². The van der Waals surface area contributed by atoms with E-state index in [9.17, 15) is 0 Å².